The van der Waals surface area contributed by atoms with Gasteiger partial charge in [0.2, 0.25) is 0 Å². The van der Waals surface area contributed by atoms with Crippen LogP contribution in [0.4, 0.5) is 0 Å². The lowest BCUT2D eigenvalue weighted by atomic mass is 10.2. The summed E-state index contributed by atoms with van der Waals surface area (Å²) in [5, 5.41) is 12.5. The maximum Gasteiger partial charge on any atom is 0.0693 e. The molecule has 58 valence electrons. The number of aliphatic hydroxyl groups excluding tert-OH is 1. The number of hydrogen-bond donors (Lipinski definition) is 2. The molecule has 0 aromatic carbocycles. The van der Waals surface area contributed by atoms with E-state index >= 15 is 0 Å². The van der Waals surface area contributed by atoms with Gasteiger partial charge in [-0.25, -0.2) is 0 Å². The molecule has 0 saturated heterocycles. The SMILES string of the molecule is C=CCN[C@@H]1CCC[C@H]1O. The largest absolute Gasteiger partial charge is 0.392 e. The molecule has 2 N–H and O–H groups in total. The van der Waals surface area contributed by atoms with Crippen molar-refractivity contribution in [3.63, 3.8) is 0 Å². The third-order valence-corrected chi connectivity index (χ3v) is 2.00. The van der Waals surface area contributed by atoms with Crippen LogP contribution in [-0.2, 0) is 0 Å². The van der Waals surface area contributed by atoms with Gasteiger partial charge in [0.05, 0.1) is 6.10 Å². The Morgan fingerprint density at radius 2 is 2.40 bits per heavy atom. The van der Waals surface area contributed by atoms with Crippen molar-refractivity contribution in [2.75, 3.05) is 6.54 Å². The van der Waals surface area contributed by atoms with Crippen LogP contribution in [0.1, 0.15) is 19.3 Å². The lowest BCUT2D eigenvalue weighted by Gasteiger charge is -2.14. The van der Waals surface area contributed by atoms with Crippen LogP contribution in [-0.4, -0.2) is 23.8 Å². The summed E-state index contributed by atoms with van der Waals surface area (Å²) in [6, 6.07) is 0.318. The van der Waals surface area contributed by atoms with Crippen molar-refractivity contribution in [2.24, 2.45) is 0 Å². The van der Waals surface area contributed by atoms with Crippen molar-refractivity contribution < 1.29 is 5.11 Å². The van der Waals surface area contributed by atoms with Crippen LogP contribution in [0.25, 0.3) is 0 Å². The van der Waals surface area contributed by atoms with Gasteiger partial charge in [0.1, 0.15) is 0 Å². The van der Waals surface area contributed by atoms with Gasteiger partial charge in [0, 0.05) is 12.6 Å². The van der Waals surface area contributed by atoms with E-state index in [9.17, 15) is 5.11 Å². The zero-order valence-corrected chi connectivity index (χ0v) is 6.21. The zero-order valence-electron chi connectivity index (χ0n) is 6.21. The van der Waals surface area contributed by atoms with Crippen LogP contribution in [0.5, 0.6) is 0 Å². The Kier molecular flexibility index (Phi) is 2.90. The lowest BCUT2D eigenvalue weighted by Crippen LogP contribution is -2.35. The first-order valence-electron chi connectivity index (χ1n) is 3.87. The van der Waals surface area contributed by atoms with Crippen molar-refractivity contribution in [3.8, 4) is 0 Å². The average Bonchev–Trinajstić information content (AvgIpc) is 2.31. The second-order valence-electron chi connectivity index (χ2n) is 2.80. The number of hydrogen-bond acceptors (Lipinski definition) is 2. The molecule has 10 heavy (non-hydrogen) atoms. The van der Waals surface area contributed by atoms with E-state index in [1.54, 1.807) is 0 Å². The first-order valence-corrected chi connectivity index (χ1v) is 3.87. The molecular formula is C8H15NO. The molecule has 1 aliphatic carbocycles. The number of nitrogens with one attached hydrogen (secondary N) is 1. The van der Waals surface area contributed by atoms with Gasteiger partial charge in [-0.3, -0.25) is 0 Å². The molecule has 1 aliphatic rings. The Balaban J connectivity index is 2.19. The molecule has 0 radical (unpaired) electrons. The van der Waals surface area contributed by atoms with Crippen molar-refractivity contribution >= 4 is 0 Å². The summed E-state index contributed by atoms with van der Waals surface area (Å²) in [6.07, 6.45) is 4.91. The van der Waals surface area contributed by atoms with Crippen molar-refractivity contribution in [1.82, 2.24) is 5.32 Å². The summed E-state index contributed by atoms with van der Waals surface area (Å²) in [7, 11) is 0. The second kappa shape index (κ2) is 3.74. The smallest absolute Gasteiger partial charge is 0.0693 e. The van der Waals surface area contributed by atoms with Crippen LogP contribution in [0.2, 0.25) is 0 Å². The predicted octanol–water partition coefficient (Wildman–Crippen LogP) is 0.675. The molecule has 0 aromatic heterocycles. The highest BCUT2D eigenvalue weighted by Crippen LogP contribution is 2.18. The van der Waals surface area contributed by atoms with E-state index in [0.717, 1.165) is 25.8 Å². The zero-order chi connectivity index (χ0) is 7.40. The minimum Gasteiger partial charge on any atom is -0.392 e. The van der Waals surface area contributed by atoms with Crippen LogP contribution in [0.15, 0.2) is 12.7 Å². The molecule has 2 nitrogen and oxygen atoms in total. The Morgan fingerprint density at radius 1 is 1.60 bits per heavy atom. The molecule has 0 aromatic rings. The first-order chi connectivity index (χ1) is 4.84. The first kappa shape index (κ1) is 7.76. The van der Waals surface area contributed by atoms with E-state index in [-0.39, 0.29) is 6.10 Å². The summed E-state index contributed by atoms with van der Waals surface area (Å²) in [5.41, 5.74) is 0. The van der Waals surface area contributed by atoms with Gasteiger partial charge in [-0.05, 0) is 19.3 Å². The average molecular weight is 141 g/mol. The van der Waals surface area contributed by atoms with Gasteiger partial charge in [0.25, 0.3) is 0 Å². The van der Waals surface area contributed by atoms with E-state index in [2.05, 4.69) is 11.9 Å². The molecule has 1 saturated carbocycles. The van der Waals surface area contributed by atoms with E-state index < -0.39 is 0 Å². The molecule has 1 fully saturated rings. The lowest BCUT2D eigenvalue weighted by molar-refractivity contribution is 0.151. The van der Waals surface area contributed by atoms with Gasteiger partial charge in [-0.1, -0.05) is 6.08 Å². The molecule has 0 amide bonds. The van der Waals surface area contributed by atoms with Crippen LogP contribution in [0, 0.1) is 0 Å². The van der Waals surface area contributed by atoms with E-state index in [4.69, 9.17) is 0 Å². The monoisotopic (exact) mass is 141 g/mol. The third-order valence-electron chi connectivity index (χ3n) is 2.00. The molecule has 0 spiro atoms. The summed E-state index contributed by atoms with van der Waals surface area (Å²) in [6.45, 7) is 4.41. The fourth-order valence-electron chi connectivity index (χ4n) is 1.41. The third kappa shape index (κ3) is 1.82. The minimum atomic E-state index is -0.125. The topological polar surface area (TPSA) is 32.3 Å². The van der Waals surface area contributed by atoms with Crippen LogP contribution < -0.4 is 5.32 Å². The number of aliphatic hydroxyl groups is 1. The Morgan fingerprint density at radius 3 is 2.90 bits per heavy atom. The highest BCUT2D eigenvalue weighted by Gasteiger charge is 2.23. The van der Waals surface area contributed by atoms with E-state index in [1.165, 1.54) is 0 Å². The van der Waals surface area contributed by atoms with Crippen molar-refractivity contribution in [1.29, 1.82) is 0 Å². The van der Waals surface area contributed by atoms with Crippen molar-refractivity contribution in [3.05, 3.63) is 12.7 Å². The summed E-state index contributed by atoms with van der Waals surface area (Å²) in [4.78, 5) is 0. The molecule has 2 heteroatoms. The number of rotatable bonds is 3. The highest BCUT2D eigenvalue weighted by molar-refractivity contribution is 4.84. The van der Waals surface area contributed by atoms with Crippen molar-refractivity contribution in [2.45, 2.75) is 31.4 Å². The van der Waals surface area contributed by atoms with E-state index in [0.29, 0.717) is 6.04 Å². The van der Waals surface area contributed by atoms with Gasteiger partial charge in [-0.2, -0.15) is 0 Å². The summed E-state index contributed by atoms with van der Waals surface area (Å²) < 4.78 is 0. The summed E-state index contributed by atoms with van der Waals surface area (Å²) in [5.74, 6) is 0. The molecule has 0 heterocycles. The fourth-order valence-corrected chi connectivity index (χ4v) is 1.41. The Bertz CT molecular complexity index is 114. The molecule has 2 atom stereocenters. The Hall–Kier alpha value is -0.340. The molecular weight excluding hydrogens is 126 g/mol. The minimum absolute atomic E-state index is 0.125. The van der Waals surface area contributed by atoms with E-state index in [1.807, 2.05) is 6.08 Å². The molecule has 1 rings (SSSR count). The van der Waals surface area contributed by atoms with Gasteiger partial charge < -0.3 is 10.4 Å². The van der Waals surface area contributed by atoms with Gasteiger partial charge >= 0.3 is 0 Å². The van der Waals surface area contributed by atoms with Gasteiger partial charge in [-0.15, -0.1) is 6.58 Å². The highest BCUT2D eigenvalue weighted by atomic mass is 16.3. The van der Waals surface area contributed by atoms with Crippen LogP contribution in [0.3, 0.4) is 0 Å². The second-order valence-corrected chi connectivity index (χ2v) is 2.80. The molecule has 0 unspecified atom stereocenters. The summed E-state index contributed by atoms with van der Waals surface area (Å²) >= 11 is 0. The Labute approximate surface area is 61.9 Å². The fraction of sp³-hybridized carbons (Fsp3) is 0.750. The van der Waals surface area contributed by atoms with Crippen LogP contribution >= 0.6 is 0 Å². The molecule has 0 bridgehead atoms. The maximum absolute atomic E-state index is 9.32. The maximum atomic E-state index is 9.32. The quantitative estimate of drug-likeness (QED) is 0.566. The predicted molar refractivity (Wildman–Crippen MR) is 41.8 cm³/mol. The van der Waals surface area contributed by atoms with Gasteiger partial charge in [0.15, 0.2) is 0 Å². The standard InChI is InChI=1S/C8H15NO/c1-2-6-9-7-4-3-5-8(7)10/h2,7-10H,1,3-6H2/t7-,8-/m1/s1. The normalized spacial score (nSPS) is 32.5. The molecule has 0 aliphatic heterocycles.